The molecule has 0 spiro atoms. The summed E-state index contributed by atoms with van der Waals surface area (Å²) in [5, 5.41) is 14.7. The molecule has 0 unspecified atom stereocenters. The maximum atomic E-state index is 10.0. The zero-order valence-corrected chi connectivity index (χ0v) is 26.3. The van der Waals surface area contributed by atoms with E-state index >= 15 is 0 Å². The number of hydrogen-bond donors (Lipinski definition) is 1. The number of furan rings is 1. The first-order valence-corrected chi connectivity index (χ1v) is 16.1. The normalized spacial score (nSPS) is 15.4. The minimum Gasteiger partial charge on any atom is -0.454 e. The van der Waals surface area contributed by atoms with Crippen molar-refractivity contribution in [2.75, 3.05) is 0 Å². The molecule has 0 aliphatic heterocycles. The summed E-state index contributed by atoms with van der Waals surface area (Å²) in [6, 6.07) is 39.5. The number of benzene rings is 6. The van der Waals surface area contributed by atoms with Gasteiger partial charge in [-0.2, -0.15) is 0 Å². The maximum Gasteiger partial charge on any atom is 0.330 e. The highest BCUT2D eigenvalue weighted by molar-refractivity contribution is 6.50. The molecule has 10 rings (SSSR count). The molecule has 2 aromatic heterocycles. The van der Waals surface area contributed by atoms with Crippen LogP contribution in [0.5, 0.6) is 0 Å². The Balaban J connectivity index is 1.42. The molecule has 4 heteroatoms. The third kappa shape index (κ3) is 2.99. The van der Waals surface area contributed by atoms with Gasteiger partial charge in [0, 0.05) is 32.4 Å². The van der Waals surface area contributed by atoms with Crippen molar-refractivity contribution in [3.05, 3.63) is 131 Å². The zero-order valence-electron chi connectivity index (χ0n) is 26.3. The summed E-state index contributed by atoms with van der Waals surface area (Å²) in [6.45, 7) is 9.54. The van der Waals surface area contributed by atoms with Gasteiger partial charge in [-0.1, -0.05) is 119 Å². The SMILES string of the molecule is CC1(C)c2ccccc2-c2ccc3c(c21)c1c2c(ccc1n3-c1cccc3c1oc1c([B]O)cccc13)-c1ccccc1C2(C)C. The lowest BCUT2D eigenvalue weighted by molar-refractivity contribution is 0.613. The fourth-order valence-electron chi connectivity index (χ4n) is 9.10. The fraction of sp³-hybridized carbons (Fsp3) is 0.143. The molecule has 46 heavy (non-hydrogen) atoms. The van der Waals surface area contributed by atoms with Crippen LogP contribution in [0.4, 0.5) is 0 Å². The Kier molecular flexibility index (Phi) is 4.90. The fourth-order valence-corrected chi connectivity index (χ4v) is 9.10. The van der Waals surface area contributed by atoms with Gasteiger partial charge in [0.25, 0.3) is 0 Å². The second kappa shape index (κ2) is 8.60. The van der Waals surface area contributed by atoms with E-state index in [1.165, 1.54) is 66.3 Å². The number of aromatic nitrogens is 1. The van der Waals surface area contributed by atoms with Crippen molar-refractivity contribution >= 4 is 56.7 Å². The average molecular weight is 593 g/mol. The minimum atomic E-state index is -0.180. The highest BCUT2D eigenvalue weighted by atomic mass is 16.3. The van der Waals surface area contributed by atoms with Gasteiger partial charge in [0.2, 0.25) is 0 Å². The van der Waals surface area contributed by atoms with Crippen LogP contribution in [-0.4, -0.2) is 17.1 Å². The second-order valence-electron chi connectivity index (χ2n) is 14.0. The Morgan fingerprint density at radius 1 is 0.543 bits per heavy atom. The van der Waals surface area contributed by atoms with E-state index in [4.69, 9.17) is 4.42 Å². The lowest BCUT2D eigenvalue weighted by atomic mass is 9.77. The molecule has 6 aromatic carbocycles. The van der Waals surface area contributed by atoms with Crippen molar-refractivity contribution in [3.8, 4) is 27.9 Å². The largest absolute Gasteiger partial charge is 0.454 e. The number of rotatable bonds is 2. The Labute approximate surface area is 268 Å². The highest BCUT2D eigenvalue weighted by Gasteiger charge is 2.42. The van der Waals surface area contributed by atoms with E-state index < -0.39 is 0 Å². The molecule has 0 saturated heterocycles. The number of hydrogen-bond acceptors (Lipinski definition) is 2. The highest BCUT2D eigenvalue weighted by Crippen LogP contribution is 2.58. The van der Waals surface area contributed by atoms with Crippen molar-refractivity contribution in [2.24, 2.45) is 0 Å². The molecule has 1 N–H and O–H groups in total. The molecule has 219 valence electrons. The predicted octanol–water partition coefficient (Wildman–Crippen LogP) is 9.53. The smallest absolute Gasteiger partial charge is 0.330 e. The van der Waals surface area contributed by atoms with Gasteiger partial charge < -0.3 is 14.0 Å². The lowest BCUT2D eigenvalue weighted by Crippen LogP contribution is -2.17. The first kappa shape index (κ1) is 26.2. The molecule has 1 radical (unpaired) electrons. The van der Waals surface area contributed by atoms with Gasteiger partial charge in [-0.3, -0.25) is 0 Å². The first-order valence-electron chi connectivity index (χ1n) is 16.1. The molecule has 0 amide bonds. The predicted molar refractivity (Wildman–Crippen MR) is 191 cm³/mol. The van der Waals surface area contributed by atoms with E-state index in [1.54, 1.807) is 0 Å². The molecule has 0 saturated carbocycles. The van der Waals surface area contributed by atoms with Crippen LogP contribution < -0.4 is 5.46 Å². The van der Waals surface area contributed by atoms with Gasteiger partial charge in [0.05, 0.1) is 16.7 Å². The quantitative estimate of drug-likeness (QED) is 0.203. The van der Waals surface area contributed by atoms with Crippen molar-refractivity contribution in [1.29, 1.82) is 0 Å². The van der Waals surface area contributed by atoms with Crippen LogP contribution in [0.25, 0.3) is 71.7 Å². The molecule has 0 fully saturated rings. The summed E-state index contributed by atoms with van der Waals surface area (Å²) in [4.78, 5) is 0. The molecular formula is C42H31BNO2. The summed E-state index contributed by atoms with van der Waals surface area (Å²) < 4.78 is 9.11. The van der Waals surface area contributed by atoms with Gasteiger partial charge in [-0.15, -0.1) is 0 Å². The summed E-state index contributed by atoms with van der Waals surface area (Å²) in [5.41, 5.74) is 16.0. The van der Waals surface area contributed by atoms with Crippen LogP contribution in [0.2, 0.25) is 0 Å². The van der Waals surface area contributed by atoms with Crippen LogP contribution >= 0.6 is 0 Å². The van der Waals surface area contributed by atoms with Crippen molar-refractivity contribution in [1.82, 2.24) is 4.57 Å². The molecule has 8 aromatic rings. The molecule has 2 heterocycles. The van der Waals surface area contributed by atoms with Crippen molar-refractivity contribution in [2.45, 2.75) is 38.5 Å². The Hall–Kier alpha value is -5.06. The van der Waals surface area contributed by atoms with Crippen LogP contribution in [0.1, 0.15) is 49.9 Å². The number of fused-ring (bicyclic) bond motifs is 14. The van der Waals surface area contributed by atoms with Crippen LogP contribution in [-0.2, 0) is 10.8 Å². The molecular weight excluding hydrogens is 561 g/mol. The van der Waals surface area contributed by atoms with Gasteiger partial charge in [-0.25, -0.2) is 0 Å². The summed E-state index contributed by atoms with van der Waals surface area (Å²) in [6.07, 6.45) is 0. The Morgan fingerprint density at radius 2 is 1.07 bits per heavy atom. The first-order chi connectivity index (χ1) is 22.3. The molecule has 0 atom stereocenters. The minimum absolute atomic E-state index is 0.180. The van der Waals surface area contributed by atoms with E-state index in [0.717, 1.165) is 29.5 Å². The number of nitrogens with zero attached hydrogens (tertiary/aromatic N) is 1. The summed E-state index contributed by atoms with van der Waals surface area (Å²) in [5.74, 6) is 0. The van der Waals surface area contributed by atoms with Gasteiger partial charge in [-0.05, 0) is 68.2 Å². The zero-order chi connectivity index (χ0) is 31.1. The third-order valence-corrected chi connectivity index (χ3v) is 11.0. The van der Waals surface area contributed by atoms with E-state index in [2.05, 4.69) is 129 Å². The van der Waals surface area contributed by atoms with Gasteiger partial charge in [0.15, 0.2) is 5.58 Å². The standard InChI is InChI=1S/C42H31BNO2/c1-41(2)29-15-7-5-11-23(29)25-19-21-32-35(37(25)41)36-33(22-20-26-24-12-6-8-16-30(24)42(3,4)38(26)36)44(32)34-18-10-14-28-27-13-9-17-31(43-45)39(27)46-40(28)34/h5-22,45H,1-4H3. The molecule has 0 bridgehead atoms. The lowest BCUT2D eigenvalue weighted by Gasteiger charge is -2.25. The topological polar surface area (TPSA) is 38.3 Å². The average Bonchev–Trinajstić information content (AvgIpc) is 3.75. The van der Waals surface area contributed by atoms with E-state index in [0.29, 0.717) is 11.0 Å². The van der Waals surface area contributed by atoms with Gasteiger partial charge >= 0.3 is 7.48 Å². The monoisotopic (exact) mass is 592 g/mol. The van der Waals surface area contributed by atoms with Crippen molar-refractivity contribution in [3.63, 3.8) is 0 Å². The van der Waals surface area contributed by atoms with E-state index in [1.807, 2.05) is 12.1 Å². The van der Waals surface area contributed by atoms with Crippen LogP contribution in [0.3, 0.4) is 0 Å². The van der Waals surface area contributed by atoms with Crippen LogP contribution in [0.15, 0.2) is 114 Å². The number of para-hydroxylation sites is 2. The van der Waals surface area contributed by atoms with Crippen LogP contribution in [0, 0.1) is 0 Å². The third-order valence-electron chi connectivity index (χ3n) is 11.0. The summed E-state index contributed by atoms with van der Waals surface area (Å²) in [7, 11) is 1.14. The summed E-state index contributed by atoms with van der Waals surface area (Å²) >= 11 is 0. The van der Waals surface area contributed by atoms with E-state index in [9.17, 15) is 5.02 Å². The molecule has 2 aliphatic carbocycles. The van der Waals surface area contributed by atoms with Gasteiger partial charge in [0.1, 0.15) is 5.58 Å². The Morgan fingerprint density at radius 3 is 1.63 bits per heavy atom. The van der Waals surface area contributed by atoms with E-state index in [-0.39, 0.29) is 10.8 Å². The van der Waals surface area contributed by atoms with Crippen molar-refractivity contribution < 1.29 is 9.44 Å². The molecule has 3 nitrogen and oxygen atoms in total. The molecule has 2 aliphatic rings. The maximum absolute atomic E-state index is 10.0. The Bertz CT molecular complexity index is 2510. The second-order valence-corrected chi connectivity index (χ2v) is 14.0.